The van der Waals surface area contributed by atoms with Crippen LogP contribution in [0.3, 0.4) is 0 Å². The molecule has 10 aromatic carbocycles. The van der Waals surface area contributed by atoms with Crippen molar-refractivity contribution >= 4 is 105 Å². The number of fused-ring (bicyclic) bond motifs is 12. The van der Waals surface area contributed by atoms with E-state index in [2.05, 4.69) is 180 Å². The van der Waals surface area contributed by atoms with Crippen LogP contribution in [0.1, 0.15) is 0 Å². The summed E-state index contributed by atoms with van der Waals surface area (Å²) in [4.78, 5) is 5.19. The molecular weight excluding hydrogens is 712 g/mol. The van der Waals surface area contributed by atoms with Crippen molar-refractivity contribution in [3.63, 3.8) is 0 Å². The van der Waals surface area contributed by atoms with E-state index in [1.807, 2.05) is 24.3 Å². The van der Waals surface area contributed by atoms with Crippen LogP contribution in [0.5, 0.6) is 0 Å². The third kappa shape index (κ3) is 4.93. The number of pyridine rings is 1. The normalized spacial score (nSPS) is 12.3. The van der Waals surface area contributed by atoms with Crippen LogP contribution in [0.15, 0.2) is 200 Å². The lowest BCUT2D eigenvalue weighted by Crippen LogP contribution is -2.25. The third-order valence-corrected chi connectivity index (χ3v) is 14.9. The lowest BCUT2D eigenvalue weighted by Gasteiger charge is -2.22. The SMILES string of the molecule is O=P(c1ccc2ccccc2c1)(c1ccc2ccccc2c1)c1ccc2cc(-c3ccc4c5cc6ccccc6cc5c5nc6ccccc6n5c4c3)ccc2c1. The fourth-order valence-corrected chi connectivity index (χ4v) is 11.7. The first-order valence-electron chi connectivity index (χ1n) is 19.4. The first-order chi connectivity index (χ1) is 28.1. The molecule has 0 amide bonds. The van der Waals surface area contributed by atoms with Crippen LogP contribution in [0.25, 0.3) is 92.6 Å². The van der Waals surface area contributed by atoms with Crippen LogP contribution in [-0.4, -0.2) is 9.38 Å². The molecule has 12 aromatic rings. The Morgan fingerprint density at radius 3 is 1.46 bits per heavy atom. The third-order valence-electron chi connectivity index (χ3n) is 11.9. The van der Waals surface area contributed by atoms with Crippen molar-refractivity contribution in [3.05, 3.63) is 200 Å². The van der Waals surface area contributed by atoms with Gasteiger partial charge in [0.2, 0.25) is 0 Å². The molecule has 0 atom stereocenters. The van der Waals surface area contributed by atoms with E-state index < -0.39 is 7.14 Å². The molecule has 12 rings (SSSR count). The molecule has 0 aliphatic heterocycles. The molecule has 4 heteroatoms. The molecule has 3 nitrogen and oxygen atoms in total. The van der Waals surface area contributed by atoms with Gasteiger partial charge in [0.15, 0.2) is 7.14 Å². The van der Waals surface area contributed by atoms with Gasteiger partial charge in [-0.25, -0.2) is 4.98 Å². The average molecular weight is 745 g/mol. The summed E-state index contributed by atoms with van der Waals surface area (Å²) in [5, 5.41) is 15.1. The minimum atomic E-state index is -3.27. The van der Waals surface area contributed by atoms with E-state index in [-0.39, 0.29) is 0 Å². The highest BCUT2D eigenvalue weighted by atomic mass is 31.2. The first-order valence-corrected chi connectivity index (χ1v) is 21.1. The van der Waals surface area contributed by atoms with Gasteiger partial charge in [-0.05, 0) is 114 Å². The number of benzene rings is 10. The fraction of sp³-hybridized carbons (Fsp3) is 0. The Bertz CT molecular complexity index is 3610. The summed E-state index contributed by atoms with van der Waals surface area (Å²) in [7, 11) is -3.27. The van der Waals surface area contributed by atoms with Gasteiger partial charge >= 0.3 is 0 Å². The Morgan fingerprint density at radius 1 is 0.351 bits per heavy atom. The molecule has 57 heavy (non-hydrogen) atoms. The molecule has 0 saturated carbocycles. The summed E-state index contributed by atoms with van der Waals surface area (Å²) < 4.78 is 18.2. The van der Waals surface area contributed by atoms with Gasteiger partial charge in [0.05, 0.1) is 16.6 Å². The molecular formula is C53H33N2OP. The molecule has 2 aromatic heterocycles. The summed E-state index contributed by atoms with van der Waals surface area (Å²) in [6.45, 7) is 0. The predicted octanol–water partition coefficient (Wildman–Crippen LogP) is 12.7. The van der Waals surface area contributed by atoms with Crippen LogP contribution in [0.4, 0.5) is 0 Å². The maximum absolute atomic E-state index is 15.9. The standard InChI is InChI=1S/C53H33N2OP/c56-57(44-23-19-34-9-1-3-11-36(34)28-44,45-24-20-35-10-2-4-12-37(35)29-45)46-25-21-41-27-40(17-18-42(41)30-46)43-22-26-47-48-31-38-13-5-6-14-39(38)32-49(48)53-54-50-15-7-8-16-51(50)55(53)52(47)33-43/h1-33H. The molecule has 0 fully saturated rings. The van der Waals surface area contributed by atoms with Crippen molar-refractivity contribution in [2.75, 3.05) is 0 Å². The predicted molar refractivity (Wildman–Crippen MR) is 243 cm³/mol. The number of para-hydroxylation sites is 2. The van der Waals surface area contributed by atoms with Crippen molar-refractivity contribution in [2.45, 2.75) is 0 Å². The lowest BCUT2D eigenvalue weighted by molar-refractivity contribution is 0.592. The van der Waals surface area contributed by atoms with Crippen LogP contribution in [0, 0.1) is 0 Å². The number of rotatable bonds is 4. The Hall–Kier alpha value is -7.06. The van der Waals surface area contributed by atoms with Gasteiger partial charge in [0, 0.05) is 26.7 Å². The maximum Gasteiger partial charge on any atom is 0.171 e. The van der Waals surface area contributed by atoms with E-state index in [0.717, 1.165) is 86.9 Å². The van der Waals surface area contributed by atoms with Crippen LogP contribution in [0.2, 0.25) is 0 Å². The van der Waals surface area contributed by atoms with Gasteiger partial charge in [-0.2, -0.15) is 0 Å². The number of aromatic nitrogens is 2. The minimum absolute atomic E-state index is 0.827. The zero-order valence-corrected chi connectivity index (χ0v) is 31.7. The monoisotopic (exact) mass is 744 g/mol. The van der Waals surface area contributed by atoms with Gasteiger partial charge in [0.25, 0.3) is 0 Å². The highest BCUT2D eigenvalue weighted by Gasteiger charge is 2.31. The van der Waals surface area contributed by atoms with Crippen molar-refractivity contribution in [1.82, 2.24) is 9.38 Å². The number of hydrogen-bond acceptors (Lipinski definition) is 2. The second-order valence-electron chi connectivity index (χ2n) is 15.2. The zero-order valence-electron chi connectivity index (χ0n) is 30.8. The number of nitrogens with zero attached hydrogens (tertiary/aromatic N) is 2. The summed E-state index contributed by atoms with van der Waals surface area (Å²) in [5.41, 5.74) is 6.43. The topological polar surface area (TPSA) is 34.4 Å². The van der Waals surface area contributed by atoms with Gasteiger partial charge in [-0.1, -0.05) is 146 Å². The molecule has 0 saturated heterocycles. The summed E-state index contributed by atoms with van der Waals surface area (Å²) in [6.07, 6.45) is 0. The van der Waals surface area contributed by atoms with Gasteiger partial charge in [-0.3, -0.25) is 4.40 Å². The molecule has 0 unspecified atom stereocenters. The fourth-order valence-electron chi connectivity index (χ4n) is 9.02. The quantitative estimate of drug-likeness (QED) is 0.102. The van der Waals surface area contributed by atoms with Gasteiger partial charge in [0.1, 0.15) is 5.65 Å². The highest BCUT2D eigenvalue weighted by Crippen LogP contribution is 2.45. The van der Waals surface area contributed by atoms with E-state index in [9.17, 15) is 0 Å². The van der Waals surface area contributed by atoms with Crippen molar-refractivity contribution in [1.29, 1.82) is 0 Å². The van der Waals surface area contributed by atoms with E-state index >= 15 is 4.57 Å². The van der Waals surface area contributed by atoms with Crippen LogP contribution >= 0.6 is 7.14 Å². The Morgan fingerprint density at radius 2 is 0.807 bits per heavy atom. The minimum Gasteiger partial charge on any atom is -0.309 e. The van der Waals surface area contributed by atoms with Crippen LogP contribution < -0.4 is 15.9 Å². The molecule has 0 N–H and O–H groups in total. The molecule has 0 aliphatic rings. The van der Waals surface area contributed by atoms with Gasteiger partial charge in [-0.15, -0.1) is 0 Å². The van der Waals surface area contributed by atoms with E-state index in [0.29, 0.717) is 0 Å². The summed E-state index contributed by atoms with van der Waals surface area (Å²) >= 11 is 0. The van der Waals surface area contributed by atoms with Gasteiger partial charge < -0.3 is 4.57 Å². The Kier molecular flexibility index (Phi) is 6.90. The van der Waals surface area contributed by atoms with Crippen molar-refractivity contribution in [3.8, 4) is 11.1 Å². The molecule has 0 radical (unpaired) electrons. The van der Waals surface area contributed by atoms with E-state index in [4.69, 9.17) is 4.98 Å². The second-order valence-corrected chi connectivity index (χ2v) is 17.9. The second kappa shape index (κ2) is 12.2. The Balaban J connectivity index is 1.03. The lowest BCUT2D eigenvalue weighted by atomic mass is 9.97. The molecule has 0 aliphatic carbocycles. The molecule has 266 valence electrons. The van der Waals surface area contributed by atoms with Crippen LogP contribution in [-0.2, 0) is 4.57 Å². The van der Waals surface area contributed by atoms with Crippen molar-refractivity contribution in [2.24, 2.45) is 0 Å². The Labute approximate surface area is 328 Å². The number of hydrogen-bond donors (Lipinski definition) is 0. The van der Waals surface area contributed by atoms with Crippen molar-refractivity contribution < 1.29 is 4.57 Å². The molecule has 0 bridgehead atoms. The summed E-state index contributed by atoms with van der Waals surface area (Å²) in [6, 6.07) is 70.5. The molecule has 2 heterocycles. The average Bonchev–Trinajstić information content (AvgIpc) is 3.67. The smallest absolute Gasteiger partial charge is 0.171 e. The van der Waals surface area contributed by atoms with E-state index in [1.54, 1.807) is 0 Å². The summed E-state index contributed by atoms with van der Waals surface area (Å²) in [5.74, 6) is 0. The highest BCUT2D eigenvalue weighted by molar-refractivity contribution is 7.85. The van der Waals surface area contributed by atoms with E-state index in [1.165, 1.54) is 21.5 Å². The first kappa shape index (κ1) is 32.2. The zero-order chi connectivity index (χ0) is 37.7. The largest absolute Gasteiger partial charge is 0.309 e. The number of imidazole rings is 1. The maximum atomic E-state index is 15.9. The molecule has 0 spiro atoms.